The molecule has 1 unspecified atom stereocenters. The first-order valence-corrected chi connectivity index (χ1v) is 23.0. The normalized spacial score (nSPS) is 13.7. The summed E-state index contributed by atoms with van der Waals surface area (Å²) < 4.78 is 32.7. The molecule has 10 heteroatoms. The number of esters is 2. The molecule has 2 atom stereocenters. The van der Waals surface area contributed by atoms with Gasteiger partial charge in [-0.25, -0.2) is 4.57 Å². The maximum Gasteiger partial charge on any atom is 0.472 e. The van der Waals surface area contributed by atoms with Crippen molar-refractivity contribution in [2.24, 2.45) is 5.73 Å². The van der Waals surface area contributed by atoms with E-state index in [2.05, 4.69) is 50.3 Å². The highest BCUT2D eigenvalue weighted by Crippen LogP contribution is 2.43. The van der Waals surface area contributed by atoms with E-state index >= 15 is 0 Å². The van der Waals surface area contributed by atoms with Gasteiger partial charge in [-0.05, 0) is 70.6 Å². The molecule has 0 aromatic rings. The number of hydrogen-bond acceptors (Lipinski definition) is 8. The summed E-state index contributed by atoms with van der Waals surface area (Å²) in [7, 11) is -4.38. The van der Waals surface area contributed by atoms with E-state index in [9.17, 15) is 19.0 Å². The van der Waals surface area contributed by atoms with Gasteiger partial charge in [0.2, 0.25) is 0 Å². The van der Waals surface area contributed by atoms with Gasteiger partial charge in [-0.15, -0.1) is 0 Å². The van der Waals surface area contributed by atoms with Crippen molar-refractivity contribution in [1.29, 1.82) is 0 Å². The van der Waals surface area contributed by atoms with E-state index in [1.165, 1.54) is 89.9 Å². The number of nitrogens with two attached hydrogens (primary N) is 1. The third-order valence-electron chi connectivity index (χ3n) is 9.00. The number of carbonyl (C=O) groups is 2. The molecule has 0 spiro atoms. The van der Waals surface area contributed by atoms with Crippen molar-refractivity contribution in [3.05, 3.63) is 36.5 Å². The molecule has 0 radical (unpaired) electrons. The molecule has 53 heavy (non-hydrogen) atoms. The highest BCUT2D eigenvalue weighted by molar-refractivity contribution is 7.47. The van der Waals surface area contributed by atoms with Gasteiger partial charge < -0.3 is 20.1 Å². The smallest absolute Gasteiger partial charge is 0.462 e. The predicted molar refractivity (Wildman–Crippen MR) is 220 cm³/mol. The number of rotatable bonds is 40. The van der Waals surface area contributed by atoms with E-state index in [1.807, 2.05) is 0 Å². The number of hydrogen-bond donors (Lipinski definition) is 2. The van der Waals surface area contributed by atoms with Crippen LogP contribution in [0.25, 0.3) is 0 Å². The summed E-state index contributed by atoms with van der Waals surface area (Å²) in [4.78, 5) is 34.8. The molecule has 0 aliphatic carbocycles. The van der Waals surface area contributed by atoms with Gasteiger partial charge >= 0.3 is 19.8 Å². The van der Waals surface area contributed by atoms with Gasteiger partial charge in [0.1, 0.15) is 6.61 Å². The molecule has 0 aliphatic rings. The third kappa shape index (κ3) is 39.7. The average molecular weight is 770 g/mol. The molecule has 0 aromatic carbocycles. The molecule has 0 heterocycles. The summed E-state index contributed by atoms with van der Waals surface area (Å²) in [6.45, 7) is 3.69. The number of phosphoric ester groups is 1. The minimum atomic E-state index is -4.38. The second-order valence-corrected chi connectivity index (χ2v) is 15.7. The fraction of sp³-hybridized carbons (Fsp3) is 0.814. The molecule has 0 bridgehead atoms. The van der Waals surface area contributed by atoms with Crippen LogP contribution in [0.2, 0.25) is 0 Å². The van der Waals surface area contributed by atoms with E-state index < -0.39 is 32.5 Å². The number of allylic oxidation sites excluding steroid dienone is 6. The van der Waals surface area contributed by atoms with Crippen molar-refractivity contribution in [3.63, 3.8) is 0 Å². The molecular weight excluding hydrogens is 689 g/mol. The zero-order valence-corrected chi connectivity index (χ0v) is 34.9. The lowest BCUT2D eigenvalue weighted by atomic mass is 10.1. The lowest BCUT2D eigenvalue weighted by Crippen LogP contribution is -2.29. The summed E-state index contributed by atoms with van der Waals surface area (Å²) >= 11 is 0. The maximum atomic E-state index is 12.6. The Labute approximate surface area is 324 Å². The Balaban J connectivity index is 4.18. The standard InChI is InChI=1S/C43H80NO8P/c1-3-5-7-9-11-13-15-17-19-20-22-23-25-27-29-31-33-35-42(45)49-39-41(40-51-53(47,48)50-38-37-44)52-43(46)36-34-32-30-28-26-24-21-18-16-14-12-10-8-6-4-2/h11,13,17-19,21,41H,3-10,12,14-16,20,22-40,44H2,1-2H3,(H,47,48)/b13-11+,19-17+,21-18+/t41-/m1/s1. The van der Waals surface area contributed by atoms with Crippen LogP contribution in [0.3, 0.4) is 0 Å². The van der Waals surface area contributed by atoms with Crippen LogP contribution >= 0.6 is 7.82 Å². The van der Waals surface area contributed by atoms with Gasteiger partial charge in [0.15, 0.2) is 6.10 Å². The molecular formula is C43H80NO8P. The predicted octanol–water partition coefficient (Wildman–Crippen LogP) is 12.2. The summed E-state index contributed by atoms with van der Waals surface area (Å²) in [6, 6.07) is 0. The Morgan fingerprint density at radius 1 is 0.566 bits per heavy atom. The first kappa shape index (κ1) is 51.2. The van der Waals surface area contributed by atoms with Crippen LogP contribution in [0.4, 0.5) is 0 Å². The zero-order valence-electron chi connectivity index (χ0n) is 34.0. The fourth-order valence-electron chi connectivity index (χ4n) is 5.78. The fourth-order valence-corrected chi connectivity index (χ4v) is 6.54. The van der Waals surface area contributed by atoms with Crippen LogP contribution in [0.15, 0.2) is 36.5 Å². The number of phosphoric acid groups is 1. The molecule has 0 fully saturated rings. The average Bonchev–Trinajstić information content (AvgIpc) is 3.14. The van der Waals surface area contributed by atoms with E-state index in [4.69, 9.17) is 24.3 Å². The van der Waals surface area contributed by atoms with Gasteiger partial charge in [-0.2, -0.15) is 0 Å². The van der Waals surface area contributed by atoms with Crippen LogP contribution in [-0.4, -0.2) is 49.3 Å². The Morgan fingerprint density at radius 2 is 0.981 bits per heavy atom. The van der Waals surface area contributed by atoms with Crippen molar-refractivity contribution < 1.29 is 37.6 Å². The van der Waals surface area contributed by atoms with E-state index in [0.717, 1.165) is 70.6 Å². The van der Waals surface area contributed by atoms with Gasteiger partial charge in [-0.1, -0.05) is 147 Å². The summed E-state index contributed by atoms with van der Waals surface area (Å²) in [5, 5.41) is 0. The van der Waals surface area contributed by atoms with E-state index in [1.54, 1.807) is 0 Å². The Hall–Kier alpha value is -1.77. The molecule has 0 saturated heterocycles. The van der Waals surface area contributed by atoms with Crippen LogP contribution < -0.4 is 5.73 Å². The highest BCUT2D eigenvalue weighted by Gasteiger charge is 2.26. The minimum absolute atomic E-state index is 0.0507. The monoisotopic (exact) mass is 770 g/mol. The zero-order chi connectivity index (χ0) is 38.9. The number of unbranched alkanes of at least 4 members (excludes halogenated alkanes) is 21. The van der Waals surface area contributed by atoms with Crippen LogP contribution in [0.1, 0.15) is 194 Å². The summed E-state index contributed by atoms with van der Waals surface area (Å²) in [5.41, 5.74) is 5.34. The quantitative estimate of drug-likeness (QED) is 0.0270. The van der Waals surface area contributed by atoms with E-state index in [0.29, 0.717) is 6.42 Å². The van der Waals surface area contributed by atoms with Crippen molar-refractivity contribution in [2.75, 3.05) is 26.4 Å². The summed E-state index contributed by atoms with van der Waals surface area (Å²) in [6.07, 6.45) is 43.1. The molecule has 310 valence electrons. The minimum Gasteiger partial charge on any atom is -0.462 e. The molecule has 0 aliphatic heterocycles. The molecule has 0 amide bonds. The second kappa shape index (κ2) is 39.9. The number of carbonyl (C=O) groups excluding carboxylic acids is 2. The third-order valence-corrected chi connectivity index (χ3v) is 9.98. The van der Waals surface area contributed by atoms with Gasteiger partial charge in [0, 0.05) is 19.4 Å². The lowest BCUT2D eigenvalue weighted by Gasteiger charge is -2.19. The lowest BCUT2D eigenvalue weighted by molar-refractivity contribution is -0.161. The van der Waals surface area contributed by atoms with Crippen molar-refractivity contribution in [1.82, 2.24) is 0 Å². The van der Waals surface area contributed by atoms with Crippen LogP contribution in [-0.2, 0) is 32.7 Å². The molecule has 0 saturated carbocycles. The van der Waals surface area contributed by atoms with Gasteiger partial charge in [-0.3, -0.25) is 18.6 Å². The molecule has 3 N–H and O–H groups in total. The van der Waals surface area contributed by atoms with Gasteiger partial charge in [0.05, 0.1) is 13.2 Å². The Morgan fingerprint density at radius 3 is 1.49 bits per heavy atom. The maximum absolute atomic E-state index is 12.6. The molecule has 0 aromatic heterocycles. The SMILES string of the molecule is CCCCC/C=C/C/C=C/CCCCCCCCCC(=O)OC[C@H](COP(=O)(O)OCCN)OC(=O)CCCCCCC/C=C/CCCCCCCC. The van der Waals surface area contributed by atoms with Crippen LogP contribution in [0, 0.1) is 0 Å². The molecule has 9 nitrogen and oxygen atoms in total. The second-order valence-electron chi connectivity index (χ2n) is 14.2. The number of ether oxygens (including phenoxy) is 2. The van der Waals surface area contributed by atoms with Gasteiger partial charge in [0.25, 0.3) is 0 Å². The summed E-state index contributed by atoms with van der Waals surface area (Å²) in [5.74, 6) is -0.846. The van der Waals surface area contributed by atoms with Crippen molar-refractivity contribution in [3.8, 4) is 0 Å². The van der Waals surface area contributed by atoms with Crippen LogP contribution in [0.5, 0.6) is 0 Å². The molecule has 0 rings (SSSR count). The van der Waals surface area contributed by atoms with E-state index in [-0.39, 0.29) is 32.6 Å². The Kier molecular flexibility index (Phi) is 38.6. The van der Waals surface area contributed by atoms with Crippen molar-refractivity contribution in [2.45, 2.75) is 200 Å². The topological polar surface area (TPSA) is 134 Å². The highest BCUT2D eigenvalue weighted by atomic mass is 31.2. The Bertz CT molecular complexity index is 970. The largest absolute Gasteiger partial charge is 0.472 e. The first-order valence-electron chi connectivity index (χ1n) is 21.5. The first-order chi connectivity index (χ1) is 25.8. The van der Waals surface area contributed by atoms with Crippen molar-refractivity contribution >= 4 is 19.8 Å².